The molecule has 0 aliphatic heterocycles. The molecule has 0 saturated heterocycles. The maximum atomic E-state index is 12.8. The molecule has 0 N–H and O–H groups in total. The summed E-state index contributed by atoms with van der Waals surface area (Å²) in [5.74, 6) is -0.353. The molecular weight excluding hydrogens is 316 g/mol. The average Bonchev–Trinajstić information content (AvgIpc) is 2.53. The summed E-state index contributed by atoms with van der Waals surface area (Å²) in [6, 6.07) is 5.97. The van der Waals surface area contributed by atoms with Gasteiger partial charge in [-0.2, -0.15) is 4.31 Å². The number of hydrogen-bond acceptors (Lipinski definition) is 4. The van der Waals surface area contributed by atoms with E-state index in [9.17, 15) is 18.5 Å². The smallest absolute Gasteiger partial charge is 0.258 e. The summed E-state index contributed by atoms with van der Waals surface area (Å²) in [6.45, 7) is 3.89. The van der Waals surface area contributed by atoms with E-state index >= 15 is 0 Å². The fraction of sp³-hybridized carbons (Fsp3) is 0.500. The lowest BCUT2D eigenvalue weighted by Crippen LogP contribution is -2.42. The van der Waals surface area contributed by atoms with Crippen LogP contribution < -0.4 is 0 Å². The first-order valence-electron chi connectivity index (χ1n) is 7.78. The Hall–Kier alpha value is -1.73. The highest BCUT2D eigenvalue weighted by molar-refractivity contribution is 7.88. The van der Waals surface area contributed by atoms with Crippen molar-refractivity contribution in [1.82, 2.24) is 4.31 Å². The number of hydrogen-bond donors (Lipinski definition) is 0. The van der Waals surface area contributed by atoms with Crippen molar-refractivity contribution >= 4 is 15.7 Å². The van der Waals surface area contributed by atoms with Gasteiger partial charge in [-0.25, -0.2) is 8.42 Å². The van der Waals surface area contributed by atoms with E-state index in [4.69, 9.17) is 0 Å². The van der Waals surface area contributed by atoms with Crippen LogP contribution in [0, 0.1) is 10.1 Å². The molecule has 126 valence electrons. The molecule has 0 atom stereocenters. The van der Waals surface area contributed by atoms with Crippen molar-refractivity contribution in [1.29, 1.82) is 0 Å². The van der Waals surface area contributed by atoms with E-state index in [0.29, 0.717) is 0 Å². The van der Waals surface area contributed by atoms with E-state index in [1.54, 1.807) is 12.1 Å². The van der Waals surface area contributed by atoms with Crippen LogP contribution in [-0.4, -0.2) is 30.2 Å². The SMILES string of the molecule is C=CCN(C1CCCCC1)S(=O)(=O)Cc1ccccc1[N+](=O)[O-]. The third kappa shape index (κ3) is 4.39. The van der Waals surface area contributed by atoms with Crippen molar-refractivity contribution in [3.63, 3.8) is 0 Å². The topological polar surface area (TPSA) is 80.5 Å². The zero-order valence-electron chi connectivity index (χ0n) is 13.1. The zero-order valence-corrected chi connectivity index (χ0v) is 13.9. The largest absolute Gasteiger partial charge is 0.273 e. The third-order valence-electron chi connectivity index (χ3n) is 4.17. The highest BCUT2D eigenvalue weighted by Crippen LogP contribution is 2.28. The van der Waals surface area contributed by atoms with Gasteiger partial charge in [-0.05, 0) is 12.8 Å². The van der Waals surface area contributed by atoms with Gasteiger partial charge in [0.05, 0.1) is 10.7 Å². The predicted molar refractivity (Wildman–Crippen MR) is 89.5 cm³/mol. The van der Waals surface area contributed by atoms with Gasteiger partial charge >= 0.3 is 0 Å². The van der Waals surface area contributed by atoms with Crippen LogP contribution in [-0.2, 0) is 15.8 Å². The van der Waals surface area contributed by atoms with Crippen molar-refractivity contribution in [3.05, 3.63) is 52.6 Å². The van der Waals surface area contributed by atoms with Crippen molar-refractivity contribution in [2.24, 2.45) is 0 Å². The van der Waals surface area contributed by atoms with E-state index in [1.807, 2.05) is 0 Å². The Morgan fingerprint density at radius 1 is 1.26 bits per heavy atom. The first-order valence-corrected chi connectivity index (χ1v) is 9.39. The molecule has 1 saturated carbocycles. The summed E-state index contributed by atoms with van der Waals surface area (Å²) in [5.41, 5.74) is 0.0700. The number of nitro groups is 1. The van der Waals surface area contributed by atoms with Gasteiger partial charge in [0.2, 0.25) is 10.0 Å². The lowest BCUT2D eigenvalue weighted by Gasteiger charge is -2.32. The van der Waals surface area contributed by atoms with Gasteiger partial charge in [-0.15, -0.1) is 6.58 Å². The molecular formula is C16H22N2O4S. The van der Waals surface area contributed by atoms with Gasteiger partial charge in [-0.3, -0.25) is 10.1 Å². The van der Waals surface area contributed by atoms with Gasteiger partial charge in [0.25, 0.3) is 5.69 Å². The molecule has 1 aliphatic carbocycles. The number of benzene rings is 1. The first-order chi connectivity index (χ1) is 11.0. The van der Waals surface area contributed by atoms with E-state index in [1.165, 1.54) is 22.5 Å². The first kappa shape index (κ1) is 17.6. The molecule has 0 spiro atoms. The number of nitro benzene ring substituents is 1. The minimum Gasteiger partial charge on any atom is -0.258 e. The van der Waals surface area contributed by atoms with Gasteiger partial charge in [0.1, 0.15) is 0 Å². The van der Waals surface area contributed by atoms with Crippen LogP contribution in [0.25, 0.3) is 0 Å². The van der Waals surface area contributed by atoms with Gasteiger partial charge in [0, 0.05) is 24.2 Å². The quantitative estimate of drug-likeness (QED) is 0.434. The Balaban J connectivity index is 2.27. The minimum absolute atomic E-state index is 0.0329. The minimum atomic E-state index is -3.64. The van der Waals surface area contributed by atoms with Gasteiger partial charge < -0.3 is 0 Å². The second-order valence-electron chi connectivity index (χ2n) is 5.79. The molecule has 1 aromatic rings. The van der Waals surface area contributed by atoms with Crippen molar-refractivity contribution in [2.45, 2.75) is 43.9 Å². The standard InChI is InChI=1S/C16H22N2O4S/c1-2-12-17(15-9-4-3-5-10-15)23(21,22)13-14-8-6-7-11-16(14)18(19)20/h2,6-8,11,15H,1,3-5,9-10,12-13H2. The summed E-state index contributed by atoms with van der Waals surface area (Å²) in [7, 11) is -3.64. The highest BCUT2D eigenvalue weighted by Gasteiger charge is 2.31. The normalized spacial score (nSPS) is 16.4. The molecule has 6 nitrogen and oxygen atoms in total. The monoisotopic (exact) mass is 338 g/mol. The summed E-state index contributed by atoms with van der Waals surface area (Å²) < 4.78 is 27.1. The summed E-state index contributed by atoms with van der Waals surface area (Å²) >= 11 is 0. The van der Waals surface area contributed by atoms with Crippen LogP contribution in [0.3, 0.4) is 0 Å². The molecule has 0 unspecified atom stereocenters. The van der Waals surface area contributed by atoms with Crippen LogP contribution in [0.5, 0.6) is 0 Å². The lowest BCUT2D eigenvalue weighted by molar-refractivity contribution is -0.385. The van der Waals surface area contributed by atoms with Crippen LogP contribution in [0.1, 0.15) is 37.7 Å². The maximum Gasteiger partial charge on any atom is 0.273 e. The Morgan fingerprint density at radius 2 is 1.91 bits per heavy atom. The van der Waals surface area contributed by atoms with E-state index < -0.39 is 14.9 Å². The number of rotatable bonds is 7. The Labute approximate surface area is 137 Å². The summed E-state index contributed by atoms with van der Waals surface area (Å²) in [4.78, 5) is 10.5. The number of nitrogens with zero attached hydrogens (tertiary/aromatic N) is 2. The Kier molecular flexibility index (Phi) is 5.90. The third-order valence-corrected chi connectivity index (χ3v) is 6.01. The summed E-state index contributed by atoms with van der Waals surface area (Å²) in [6.07, 6.45) is 6.40. The average molecular weight is 338 g/mol. The van der Waals surface area contributed by atoms with Gasteiger partial charge in [0.15, 0.2) is 0 Å². The van der Waals surface area contributed by atoms with Crippen LogP contribution >= 0.6 is 0 Å². The fourth-order valence-electron chi connectivity index (χ4n) is 3.08. The predicted octanol–water partition coefficient (Wildman–Crippen LogP) is 3.25. The van der Waals surface area contributed by atoms with Crippen LogP contribution in [0.4, 0.5) is 5.69 Å². The Morgan fingerprint density at radius 3 is 2.52 bits per heavy atom. The highest BCUT2D eigenvalue weighted by atomic mass is 32.2. The second-order valence-corrected chi connectivity index (χ2v) is 7.71. The van der Waals surface area contributed by atoms with Crippen LogP contribution in [0.2, 0.25) is 0 Å². The van der Waals surface area contributed by atoms with E-state index in [2.05, 4.69) is 6.58 Å². The summed E-state index contributed by atoms with van der Waals surface area (Å²) in [5, 5.41) is 11.1. The molecule has 1 aliphatic rings. The number of sulfonamides is 1. The molecule has 0 bridgehead atoms. The second kappa shape index (κ2) is 7.70. The van der Waals surface area contributed by atoms with Crippen molar-refractivity contribution < 1.29 is 13.3 Å². The molecule has 7 heteroatoms. The zero-order chi connectivity index (χ0) is 16.9. The van der Waals surface area contributed by atoms with Gasteiger partial charge in [-0.1, -0.05) is 43.5 Å². The van der Waals surface area contributed by atoms with E-state index in [0.717, 1.165) is 32.1 Å². The Bertz CT molecular complexity index is 666. The van der Waals surface area contributed by atoms with Crippen LogP contribution in [0.15, 0.2) is 36.9 Å². The molecule has 2 rings (SSSR count). The van der Waals surface area contributed by atoms with Crippen molar-refractivity contribution in [3.8, 4) is 0 Å². The lowest BCUT2D eigenvalue weighted by atomic mass is 9.95. The molecule has 0 radical (unpaired) electrons. The molecule has 23 heavy (non-hydrogen) atoms. The number of para-hydroxylation sites is 1. The van der Waals surface area contributed by atoms with Crippen molar-refractivity contribution in [2.75, 3.05) is 6.54 Å². The molecule has 0 amide bonds. The fourth-order valence-corrected chi connectivity index (χ4v) is 4.88. The molecule has 1 fully saturated rings. The molecule has 0 aromatic heterocycles. The van der Waals surface area contributed by atoms with E-state index in [-0.39, 0.29) is 29.6 Å². The maximum absolute atomic E-state index is 12.8. The molecule has 1 aromatic carbocycles. The molecule has 0 heterocycles.